The van der Waals surface area contributed by atoms with Crippen molar-refractivity contribution in [2.45, 2.75) is 31.8 Å². The minimum Gasteiger partial charge on any atom is -0.426 e. The van der Waals surface area contributed by atoms with Crippen molar-refractivity contribution in [2.75, 3.05) is 0 Å². The molecule has 0 saturated heterocycles. The number of aliphatic hydroxyl groups excluding tert-OH is 1. The molecule has 0 saturated carbocycles. The molecular weight excluding hydrogens is 192 g/mol. The molecule has 0 spiro atoms. The van der Waals surface area contributed by atoms with Gasteiger partial charge in [0.15, 0.2) is 0 Å². The Balaban J connectivity index is 2.29. The van der Waals surface area contributed by atoms with E-state index < -0.39 is 12.0 Å². The third-order valence-corrected chi connectivity index (χ3v) is 2.69. The molecule has 1 aromatic rings. The summed E-state index contributed by atoms with van der Waals surface area (Å²) < 4.78 is 5.09. The quantitative estimate of drug-likeness (QED) is 0.606. The van der Waals surface area contributed by atoms with Crippen molar-refractivity contribution in [3.05, 3.63) is 29.8 Å². The molecule has 3 heteroatoms. The van der Waals surface area contributed by atoms with Crippen molar-refractivity contribution in [1.82, 2.24) is 0 Å². The van der Waals surface area contributed by atoms with Crippen LogP contribution in [0.4, 0.5) is 0 Å². The maximum Gasteiger partial charge on any atom is 0.321 e. The first-order valence-electron chi connectivity index (χ1n) is 5.22. The predicted molar refractivity (Wildman–Crippen MR) is 55.7 cm³/mol. The number of ether oxygens (including phenoxy) is 1. The predicted octanol–water partition coefficient (Wildman–Crippen LogP) is 1.85. The molecular formula is C12H14O3. The Bertz CT molecular complexity index is 373. The van der Waals surface area contributed by atoms with Gasteiger partial charge in [-0.05, 0) is 12.5 Å². The maximum atomic E-state index is 11.6. The molecule has 2 unspecified atom stereocenters. The van der Waals surface area contributed by atoms with Gasteiger partial charge >= 0.3 is 5.97 Å². The van der Waals surface area contributed by atoms with Gasteiger partial charge in [0, 0.05) is 5.56 Å². The van der Waals surface area contributed by atoms with Crippen LogP contribution in [0.2, 0.25) is 0 Å². The van der Waals surface area contributed by atoms with E-state index in [9.17, 15) is 9.90 Å². The summed E-state index contributed by atoms with van der Waals surface area (Å²) in [5, 5.41) is 9.87. The molecule has 0 aromatic heterocycles. The van der Waals surface area contributed by atoms with E-state index in [1.165, 1.54) is 0 Å². The smallest absolute Gasteiger partial charge is 0.321 e. The summed E-state index contributed by atoms with van der Waals surface area (Å²) in [4.78, 5) is 11.6. The number of esters is 1. The van der Waals surface area contributed by atoms with Crippen LogP contribution in [0.1, 0.15) is 31.2 Å². The Morgan fingerprint density at radius 1 is 1.47 bits per heavy atom. The highest BCUT2D eigenvalue weighted by Crippen LogP contribution is 2.37. The van der Waals surface area contributed by atoms with E-state index in [1.807, 2.05) is 25.1 Å². The summed E-state index contributed by atoms with van der Waals surface area (Å²) in [5.74, 6) is -0.249. The van der Waals surface area contributed by atoms with Crippen LogP contribution in [-0.2, 0) is 4.79 Å². The number of fused-ring (bicyclic) bond motifs is 1. The fraction of sp³-hybridized carbons (Fsp3) is 0.417. The number of benzene rings is 1. The van der Waals surface area contributed by atoms with Crippen LogP contribution in [0.3, 0.4) is 0 Å². The van der Waals surface area contributed by atoms with E-state index in [4.69, 9.17) is 4.74 Å². The van der Waals surface area contributed by atoms with Gasteiger partial charge in [0.25, 0.3) is 0 Å². The second-order valence-electron chi connectivity index (χ2n) is 3.79. The van der Waals surface area contributed by atoms with Crippen molar-refractivity contribution >= 4 is 5.97 Å². The summed E-state index contributed by atoms with van der Waals surface area (Å²) in [6.07, 6.45) is 0.840. The van der Waals surface area contributed by atoms with E-state index >= 15 is 0 Å². The molecule has 0 bridgehead atoms. The topological polar surface area (TPSA) is 46.5 Å². The van der Waals surface area contributed by atoms with Crippen LogP contribution in [0.25, 0.3) is 0 Å². The number of hydrogen-bond donors (Lipinski definition) is 1. The number of aliphatic hydroxyl groups is 1. The van der Waals surface area contributed by atoms with Gasteiger partial charge in [-0.1, -0.05) is 31.5 Å². The zero-order chi connectivity index (χ0) is 10.8. The van der Waals surface area contributed by atoms with Gasteiger partial charge in [-0.2, -0.15) is 0 Å². The number of hydrogen-bond acceptors (Lipinski definition) is 3. The minimum atomic E-state index is -0.633. The number of carbonyl (C=O) groups is 1. The van der Waals surface area contributed by atoms with E-state index in [2.05, 4.69) is 0 Å². The van der Waals surface area contributed by atoms with Gasteiger partial charge in [-0.25, -0.2) is 0 Å². The molecule has 2 atom stereocenters. The van der Waals surface area contributed by atoms with Gasteiger partial charge in [0.1, 0.15) is 11.7 Å². The molecule has 1 aromatic carbocycles. The van der Waals surface area contributed by atoms with Crippen molar-refractivity contribution in [1.29, 1.82) is 0 Å². The van der Waals surface area contributed by atoms with E-state index in [-0.39, 0.29) is 5.97 Å². The summed E-state index contributed by atoms with van der Waals surface area (Å²) >= 11 is 0. The number of rotatable bonds is 3. The van der Waals surface area contributed by atoms with Crippen LogP contribution in [0.5, 0.6) is 5.75 Å². The molecule has 0 aliphatic carbocycles. The number of carbonyl (C=O) groups excluding carboxylic acids is 1. The molecule has 3 nitrogen and oxygen atoms in total. The summed E-state index contributed by atoms with van der Waals surface area (Å²) in [6.45, 7) is 1.98. The second kappa shape index (κ2) is 4.03. The molecule has 0 fully saturated rings. The Kier molecular flexibility index (Phi) is 2.73. The average molecular weight is 206 g/mol. The zero-order valence-electron chi connectivity index (χ0n) is 8.64. The number of para-hydroxylation sites is 1. The fourth-order valence-electron chi connectivity index (χ4n) is 1.96. The lowest BCUT2D eigenvalue weighted by Gasteiger charge is -2.14. The third kappa shape index (κ3) is 1.75. The van der Waals surface area contributed by atoms with Gasteiger partial charge in [0.2, 0.25) is 0 Å². The van der Waals surface area contributed by atoms with Crippen LogP contribution in [0, 0.1) is 0 Å². The van der Waals surface area contributed by atoms with Crippen LogP contribution in [-0.4, -0.2) is 17.2 Å². The molecule has 2 rings (SSSR count). The highest BCUT2D eigenvalue weighted by atomic mass is 16.5. The standard InChI is InChI=1S/C12H14O3/c1-2-5-9(13)11-8-6-3-4-7-10(8)15-12(11)14/h3-4,6-7,9,11,13H,2,5H2,1H3. The first-order valence-corrected chi connectivity index (χ1v) is 5.22. The SMILES string of the molecule is CCCC(O)C1C(=O)Oc2ccccc21. The molecule has 80 valence electrons. The highest BCUT2D eigenvalue weighted by Gasteiger charge is 2.37. The minimum absolute atomic E-state index is 0.336. The van der Waals surface area contributed by atoms with Crippen LogP contribution < -0.4 is 4.74 Å². The van der Waals surface area contributed by atoms with Gasteiger partial charge in [-0.3, -0.25) is 4.79 Å². The van der Waals surface area contributed by atoms with Gasteiger partial charge in [0.05, 0.1) is 6.10 Å². The largest absolute Gasteiger partial charge is 0.426 e. The van der Waals surface area contributed by atoms with Gasteiger partial charge < -0.3 is 9.84 Å². The first kappa shape index (κ1) is 10.2. The third-order valence-electron chi connectivity index (χ3n) is 2.69. The highest BCUT2D eigenvalue weighted by molar-refractivity contribution is 5.86. The van der Waals surface area contributed by atoms with E-state index in [0.717, 1.165) is 12.0 Å². The normalized spacial score (nSPS) is 20.9. The Hall–Kier alpha value is -1.35. The van der Waals surface area contributed by atoms with Gasteiger partial charge in [-0.15, -0.1) is 0 Å². The Morgan fingerprint density at radius 2 is 2.20 bits per heavy atom. The van der Waals surface area contributed by atoms with E-state index in [0.29, 0.717) is 12.2 Å². The van der Waals surface area contributed by atoms with Crippen molar-refractivity contribution < 1.29 is 14.6 Å². The van der Waals surface area contributed by atoms with Crippen LogP contribution >= 0.6 is 0 Å². The van der Waals surface area contributed by atoms with Crippen molar-refractivity contribution in [3.63, 3.8) is 0 Å². The second-order valence-corrected chi connectivity index (χ2v) is 3.79. The molecule has 0 amide bonds. The lowest BCUT2D eigenvalue weighted by Crippen LogP contribution is -2.24. The summed E-state index contributed by atoms with van der Waals surface area (Å²) in [7, 11) is 0. The Morgan fingerprint density at radius 3 is 2.93 bits per heavy atom. The van der Waals surface area contributed by atoms with Crippen molar-refractivity contribution in [3.8, 4) is 5.75 Å². The lowest BCUT2D eigenvalue weighted by atomic mass is 9.92. The molecule has 1 N–H and O–H groups in total. The lowest BCUT2D eigenvalue weighted by molar-refractivity contribution is -0.136. The van der Waals surface area contributed by atoms with E-state index in [1.54, 1.807) is 6.07 Å². The molecule has 1 heterocycles. The molecule has 1 aliphatic rings. The molecule has 0 radical (unpaired) electrons. The zero-order valence-corrected chi connectivity index (χ0v) is 8.64. The monoisotopic (exact) mass is 206 g/mol. The molecule has 1 aliphatic heterocycles. The van der Waals surface area contributed by atoms with Crippen molar-refractivity contribution in [2.24, 2.45) is 0 Å². The maximum absolute atomic E-state index is 11.6. The average Bonchev–Trinajstić information content (AvgIpc) is 2.54. The molecule has 15 heavy (non-hydrogen) atoms. The van der Waals surface area contributed by atoms with Crippen LogP contribution in [0.15, 0.2) is 24.3 Å². The fourth-order valence-corrected chi connectivity index (χ4v) is 1.96. The first-order chi connectivity index (χ1) is 7.24. The summed E-state index contributed by atoms with van der Waals surface area (Å²) in [6, 6.07) is 7.27. The summed E-state index contributed by atoms with van der Waals surface area (Å²) in [5.41, 5.74) is 0.809. The Labute approximate surface area is 88.7 Å².